The molecule has 0 spiro atoms. The third-order valence-electron chi connectivity index (χ3n) is 8.56. The third kappa shape index (κ3) is 6.16. The van der Waals surface area contributed by atoms with Crippen LogP contribution in [0.2, 0.25) is 5.02 Å². The Kier molecular flexibility index (Phi) is 8.35. The average molecular weight is 607 g/mol. The minimum Gasteiger partial charge on any atom is -0.471 e. The summed E-state index contributed by atoms with van der Waals surface area (Å²) in [5.74, 6) is -4.59. The fraction of sp³-hybridized carbons (Fsp3) is 0.633. The summed E-state index contributed by atoms with van der Waals surface area (Å²) in [6, 6.07) is 2.73. The highest BCUT2D eigenvalue weighted by Crippen LogP contribution is 2.42. The van der Waals surface area contributed by atoms with E-state index in [9.17, 15) is 14.4 Å². The number of aldehydes is 1. The van der Waals surface area contributed by atoms with E-state index in [1.54, 1.807) is 6.07 Å². The summed E-state index contributed by atoms with van der Waals surface area (Å²) in [7, 11) is 0. The van der Waals surface area contributed by atoms with Crippen LogP contribution >= 0.6 is 11.6 Å². The molecule has 42 heavy (non-hydrogen) atoms. The zero-order chi connectivity index (χ0) is 30.4. The number of alkyl carbamates (subject to hydrolysis) is 1. The van der Waals surface area contributed by atoms with Crippen molar-refractivity contribution in [3.8, 4) is 5.88 Å². The Morgan fingerprint density at radius 1 is 1.14 bits per heavy atom. The van der Waals surface area contributed by atoms with E-state index in [4.69, 9.17) is 21.1 Å². The molecule has 1 saturated heterocycles. The Morgan fingerprint density at radius 2 is 1.90 bits per heavy atom. The first-order valence-corrected chi connectivity index (χ1v) is 15.0. The van der Waals surface area contributed by atoms with Crippen LogP contribution in [0.5, 0.6) is 5.88 Å². The van der Waals surface area contributed by atoms with E-state index in [2.05, 4.69) is 15.3 Å². The van der Waals surface area contributed by atoms with Crippen LogP contribution < -0.4 is 10.1 Å². The van der Waals surface area contributed by atoms with Gasteiger partial charge in [0, 0.05) is 17.4 Å². The molecule has 2 aliphatic heterocycles. The van der Waals surface area contributed by atoms with Gasteiger partial charge in [-0.05, 0) is 55.2 Å². The first-order chi connectivity index (χ1) is 19.8. The molecular weight excluding hydrogens is 570 g/mol. The number of hydrogen-bond acceptors (Lipinski definition) is 7. The summed E-state index contributed by atoms with van der Waals surface area (Å²) in [6.07, 6.45) is 0.811. The number of nitrogens with one attached hydrogen (secondary N) is 1. The smallest absolute Gasteiger partial charge is 0.408 e. The van der Waals surface area contributed by atoms with Gasteiger partial charge in [0.05, 0.1) is 23.6 Å². The number of amides is 2. The number of carbonyl (C=O) groups excluding carboxylic acids is 3. The SMILES string of the molecule is CC[C@@H]1[C@@H]2CN(C(=O)[C@H](C(C)(C)C)NC(=O)O[C@@H]3C[C@H]3CCCCC(F)(F)c3nc4ccc(Cl)cc4nc3O2)[C@@H]1C=O. The molecule has 1 N–H and O–H groups in total. The Labute approximate surface area is 248 Å². The van der Waals surface area contributed by atoms with Gasteiger partial charge in [0.2, 0.25) is 11.8 Å². The molecule has 3 aliphatic rings. The predicted molar refractivity (Wildman–Crippen MR) is 151 cm³/mol. The number of rotatable bonds is 2. The second kappa shape index (κ2) is 11.5. The number of alkyl halides is 2. The summed E-state index contributed by atoms with van der Waals surface area (Å²) in [5.41, 5.74) is -0.744. The summed E-state index contributed by atoms with van der Waals surface area (Å²) in [6.45, 7) is 7.20. The fourth-order valence-corrected chi connectivity index (χ4v) is 6.23. The van der Waals surface area contributed by atoms with Gasteiger partial charge in [-0.15, -0.1) is 0 Å². The molecule has 0 radical (unpaired) electrons. The zero-order valence-electron chi connectivity index (χ0n) is 24.2. The maximum Gasteiger partial charge on any atom is 0.408 e. The zero-order valence-corrected chi connectivity index (χ0v) is 25.0. The normalized spacial score (nSPS) is 30.2. The van der Waals surface area contributed by atoms with E-state index in [0.717, 1.165) is 0 Å². The van der Waals surface area contributed by atoms with Crippen molar-refractivity contribution in [3.63, 3.8) is 0 Å². The number of halogens is 3. The fourth-order valence-electron chi connectivity index (χ4n) is 6.06. The van der Waals surface area contributed by atoms with E-state index in [0.29, 0.717) is 42.5 Å². The van der Waals surface area contributed by atoms with Gasteiger partial charge in [-0.3, -0.25) is 4.79 Å². The summed E-state index contributed by atoms with van der Waals surface area (Å²) in [5, 5.41) is 3.10. The molecule has 5 rings (SSSR count). The summed E-state index contributed by atoms with van der Waals surface area (Å²) in [4.78, 5) is 49.2. The van der Waals surface area contributed by atoms with Gasteiger partial charge < -0.3 is 24.5 Å². The molecule has 1 aromatic heterocycles. The van der Waals surface area contributed by atoms with Crippen molar-refractivity contribution in [3.05, 3.63) is 28.9 Å². The van der Waals surface area contributed by atoms with Crippen LogP contribution in [0, 0.1) is 17.3 Å². The van der Waals surface area contributed by atoms with Gasteiger partial charge in [0.25, 0.3) is 5.92 Å². The number of fused-ring (bicyclic) bond motifs is 5. The van der Waals surface area contributed by atoms with Gasteiger partial charge in [-0.1, -0.05) is 45.7 Å². The van der Waals surface area contributed by atoms with Gasteiger partial charge >= 0.3 is 6.09 Å². The Morgan fingerprint density at radius 3 is 2.60 bits per heavy atom. The molecule has 2 fully saturated rings. The first kappa shape index (κ1) is 30.4. The number of aromatic nitrogens is 2. The Hall–Kier alpha value is -3.08. The molecule has 2 amide bonds. The lowest BCUT2D eigenvalue weighted by molar-refractivity contribution is -0.139. The lowest BCUT2D eigenvalue weighted by Gasteiger charge is -2.34. The standard InChI is InChI=1S/C30H37ClF2N4O5/c1-5-18-21(15-38)37-14-23(18)41-26-24(34-19-10-9-17(31)13-20(19)35-26)30(32,33)11-7-6-8-16-12-22(16)42-28(40)36-25(27(37)39)29(2,3)4/h9-10,13,15-16,18,21-23,25H,5-8,11-12,14H2,1-4H3,(H,36,40)/t16-,18+,21-,22-,23+,25-/m1/s1. The van der Waals surface area contributed by atoms with Crippen molar-refractivity contribution in [1.82, 2.24) is 20.2 Å². The molecule has 2 bridgehead atoms. The number of carbonyl (C=O) groups is 3. The van der Waals surface area contributed by atoms with Gasteiger partial charge in [-0.2, -0.15) is 8.78 Å². The number of nitrogens with zero attached hydrogens (tertiary/aromatic N) is 3. The maximum atomic E-state index is 15.8. The lowest BCUT2D eigenvalue weighted by Crippen LogP contribution is -2.56. The number of hydrogen-bond donors (Lipinski definition) is 1. The van der Waals surface area contributed by atoms with Crippen molar-refractivity contribution in [2.45, 2.75) is 96.4 Å². The minimum atomic E-state index is -3.35. The molecule has 9 nitrogen and oxygen atoms in total. The lowest BCUT2D eigenvalue weighted by atomic mass is 9.85. The Bertz CT molecular complexity index is 1370. The van der Waals surface area contributed by atoms with Crippen molar-refractivity contribution < 1.29 is 32.6 Å². The van der Waals surface area contributed by atoms with Gasteiger partial charge in [0.1, 0.15) is 24.5 Å². The Balaban J connectivity index is 1.57. The van der Waals surface area contributed by atoms with E-state index in [1.807, 2.05) is 27.7 Å². The highest BCUT2D eigenvalue weighted by atomic mass is 35.5. The number of benzene rings is 1. The monoisotopic (exact) mass is 606 g/mol. The molecule has 228 valence electrons. The average Bonchev–Trinajstić information content (AvgIpc) is 3.55. The van der Waals surface area contributed by atoms with Crippen LogP contribution in [0.3, 0.4) is 0 Å². The van der Waals surface area contributed by atoms with Crippen LogP contribution in [-0.2, 0) is 20.2 Å². The largest absolute Gasteiger partial charge is 0.471 e. The van der Waals surface area contributed by atoms with Crippen molar-refractivity contribution in [2.24, 2.45) is 17.3 Å². The highest BCUT2D eigenvalue weighted by Gasteiger charge is 2.50. The van der Waals surface area contributed by atoms with Crippen LogP contribution in [0.15, 0.2) is 18.2 Å². The minimum absolute atomic E-state index is 0.0605. The van der Waals surface area contributed by atoms with Gasteiger partial charge in [0.15, 0.2) is 5.69 Å². The van der Waals surface area contributed by atoms with Crippen LogP contribution in [0.25, 0.3) is 11.0 Å². The molecule has 6 atom stereocenters. The van der Waals surface area contributed by atoms with Crippen LogP contribution in [0.4, 0.5) is 13.6 Å². The van der Waals surface area contributed by atoms with Crippen molar-refractivity contribution in [2.75, 3.05) is 6.54 Å². The second-order valence-electron chi connectivity index (χ2n) is 12.7. The molecular formula is C30H37ClF2N4O5. The quantitative estimate of drug-likeness (QED) is 0.439. The molecule has 1 aromatic carbocycles. The molecule has 1 saturated carbocycles. The molecule has 1 aliphatic carbocycles. The maximum absolute atomic E-state index is 15.8. The first-order valence-electron chi connectivity index (χ1n) is 14.6. The molecule has 3 heterocycles. The van der Waals surface area contributed by atoms with E-state index >= 15 is 8.78 Å². The highest BCUT2D eigenvalue weighted by molar-refractivity contribution is 6.31. The number of ether oxygens (including phenoxy) is 2. The molecule has 0 unspecified atom stereocenters. The van der Waals surface area contributed by atoms with E-state index in [-0.39, 0.29) is 36.4 Å². The van der Waals surface area contributed by atoms with E-state index in [1.165, 1.54) is 17.0 Å². The topological polar surface area (TPSA) is 111 Å². The summed E-state index contributed by atoms with van der Waals surface area (Å²) < 4.78 is 43.4. The van der Waals surface area contributed by atoms with Crippen molar-refractivity contribution >= 4 is 40.9 Å². The molecule has 2 aromatic rings. The second-order valence-corrected chi connectivity index (χ2v) is 13.1. The third-order valence-corrected chi connectivity index (χ3v) is 8.79. The van der Waals surface area contributed by atoms with E-state index < -0.39 is 59.6 Å². The summed E-state index contributed by atoms with van der Waals surface area (Å²) >= 11 is 6.15. The van der Waals surface area contributed by atoms with Gasteiger partial charge in [-0.25, -0.2) is 14.8 Å². The molecule has 12 heteroatoms. The predicted octanol–water partition coefficient (Wildman–Crippen LogP) is 5.66. The van der Waals surface area contributed by atoms with Crippen LogP contribution in [0.1, 0.15) is 71.9 Å². The van der Waals surface area contributed by atoms with Crippen LogP contribution in [-0.4, -0.2) is 64.0 Å². The van der Waals surface area contributed by atoms with Crippen molar-refractivity contribution in [1.29, 1.82) is 0 Å².